The molecule has 2 heterocycles. The van der Waals surface area contributed by atoms with Crippen molar-refractivity contribution in [2.45, 2.75) is 25.3 Å². The lowest BCUT2D eigenvalue weighted by molar-refractivity contribution is 0.624. The zero-order chi connectivity index (χ0) is 14.1. The normalized spacial score (nSPS) is 12.9. The Labute approximate surface area is 123 Å². The predicted octanol–water partition coefficient (Wildman–Crippen LogP) is 3.31. The summed E-state index contributed by atoms with van der Waals surface area (Å²) < 4.78 is 4.11. The molecule has 0 radical (unpaired) electrons. The fourth-order valence-corrected chi connectivity index (χ4v) is 2.67. The van der Waals surface area contributed by atoms with Crippen molar-refractivity contribution < 1.29 is 0 Å². The molecule has 0 aliphatic heterocycles. The molecule has 0 saturated heterocycles. The lowest BCUT2D eigenvalue weighted by atomic mass is 10.2. The third-order valence-corrected chi connectivity index (χ3v) is 3.75. The second-order valence-corrected chi connectivity index (χ2v) is 5.58. The highest BCUT2D eigenvalue weighted by atomic mass is 35.5. The van der Waals surface area contributed by atoms with Crippen molar-refractivity contribution in [1.29, 1.82) is 0 Å². The second kappa shape index (κ2) is 5.29. The Morgan fingerprint density at radius 3 is 2.75 bits per heavy atom. The third kappa shape index (κ3) is 2.31. The van der Waals surface area contributed by atoms with E-state index in [2.05, 4.69) is 20.7 Å². The van der Waals surface area contributed by atoms with Gasteiger partial charge < -0.3 is 4.57 Å². The van der Waals surface area contributed by atoms with E-state index < -0.39 is 0 Å². The van der Waals surface area contributed by atoms with Crippen LogP contribution in [0.25, 0.3) is 11.0 Å². The molecular formula is C15H17ClN4. The lowest BCUT2D eigenvalue weighted by Gasteiger charge is -2.10. The number of hydrogen-bond acceptors (Lipinski definition) is 2. The number of nitrogens with zero attached hydrogens (tertiary/aromatic N) is 4. The fraction of sp³-hybridized carbons (Fsp3) is 0.333. The van der Waals surface area contributed by atoms with Gasteiger partial charge in [-0.05, 0) is 25.1 Å². The first-order valence-corrected chi connectivity index (χ1v) is 7.16. The van der Waals surface area contributed by atoms with E-state index in [0.717, 1.165) is 29.8 Å². The van der Waals surface area contributed by atoms with Crippen molar-refractivity contribution >= 4 is 22.6 Å². The van der Waals surface area contributed by atoms with Crippen molar-refractivity contribution in [3.05, 3.63) is 48.0 Å². The first kappa shape index (κ1) is 13.2. The van der Waals surface area contributed by atoms with Gasteiger partial charge >= 0.3 is 0 Å². The molecule has 1 atom stereocenters. The van der Waals surface area contributed by atoms with Gasteiger partial charge in [-0.3, -0.25) is 4.68 Å². The molecular weight excluding hydrogens is 272 g/mol. The van der Waals surface area contributed by atoms with E-state index in [1.54, 1.807) is 0 Å². The maximum Gasteiger partial charge on any atom is 0.127 e. The Bertz CT molecular complexity index is 726. The zero-order valence-corrected chi connectivity index (χ0v) is 12.4. The molecule has 1 unspecified atom stereocenters. The van der Waals surface area contributed by atoms with E-state index in [1.165, 1.54) is 5.69 Å². The van der Waals surface area contributed by atoms with Gasteiger partial charge in [0.2, 0.25) is 0 Å². The summed E-state index contributed by atoms with van der Waals surface area (Å²) in [4.78, 5) is 4.64. The molecule has 2 aromatic heterocycles. The fourth-order valence-electron chi connectivity index (χ4n) is 2.51. The van der Waals surface area contributed by atoms with Crippen LogP contribution >= 0.6 is 11.6 Å². The number of aromatic nitrogens is 4. The van der Waals surface area contributed by atoms with E-state index in [0.29, 0.717) is 0 Å². The third-order valence-electron chi connectivity index (χ3n) is 3.55. The van der Waals surface area contributed by atoms with Gasteiger partial charge in [-0.15, -0.1) is 11.6 Å². The highest BCUT2D eigenvalue weighted by Gasteiger charge is 2.14. The smallest absolute Gasteiger partial charge is 0.127 e. The Morgan fingerprint density at radius 2 is 2.05 bits per heavy atom. The number of hydrogen-bond donors (Lipinski definition) is 0. The van der Waals surface area contributed by atoms with Gasteiger partial charge in [0.1, 0.15) is 5.82 Å². The highest BCUT2D eigenvalue weighted by Crippen LogP contribution is 2.24. The van der Waals surface area contributed by atoms with Crippen LogP contribution in [0.5, 0.6) is 0 Å². The van der Waals surface area contributed by atoms with Gasteiger partial charge in [-0.1, -0.05) is 12.1 Å². The summed E-state index contributed by atoms with van der Waals surface area (Å²) in [5.74, 6) is 0.926. The van der Waals surface area contributed by atoms with E-state index in [9.17, 15) is 0 Å². The van der Waals surface area contributed by atoms with Crippen LogP contribution in [0.4, 0.5) is 0 Å². The number of aryl methyl sites for hydroxylation is 3. The van der Waals surface area contributed by atoms with Gasteiger partial charge in [0.15, 0.2) is 0 Å². The number of halogens is 1. The summed E-state index contributed by atoms with van der Waals surface area (Å²) in [6.07, 6.45) is 2.74. The number of alkyl halides is 1. The van der Waals surface area contributed by atoms with Crippen LogP contribution in [0.2, 0.25) is 0 Å². The SMILES string of the molecule is CC(Cl)c1nc2ccccc2n1CCc1ccnn1C. The summed E-state index contributed by atoms with van der Waals surface area (Å²) in [6, 6.07) is 10.2. The largest absolute Gasteiger partial charge is 0.326 e. The van der Waals surface area contributed by atoms with Gasteiger partial charge in [0.25, 0.3) is 0 Å². The molecule has 104 valence electrons. The van der Waals surface area contributed by atoms with Crippen molar-refractivity contribution in [3.63, 3.8) is 0 Å². The lowest BCUT2D eigenvalue weighted by Crippen LogP contribution is -2.09. The van der Waals surface area contributed by atoms with Crippen LogP contribution in [0.15, 0.2) is 36.5 Å². The van der Waals surface area contributed by atoms with Crippen LogP contribution < -0.4 is 0 Å². The highest BCUT2D eigenvalue weighted by molar-refractivity contribution is 6.20. The summed E-state index contributed by atoms with van der Waals surface area (Å²) >= 11 is 6.27. The first-order valence-electron chi connectivity index (χ1n) is 6.73. The molecule has 0 N–H and O–H groups in total. The quantitative estimate of drug-likeness (QED) is 0.691. The maximum absolute atomic E-state index is 6.27. The molecule has 4 nitrogen and oxygen atoms in total. The van der Waals surface area contributed by atoms with Crippen LogP contribution in [0.1, 0.15) is 23.8 Å². The minimum absolute atomic E-state index is 0.103. The number of fused-ring (bicyclic) bond motifs is 1. The van der Waals surface area contributed by atoms with Crippen molar-refractivity contribution in [1.82, 2.24) is 19.3 Å². The molecule has 20 heavy (non-hydrogen) atoms. The van der Waals surface area contributed by atoms with Crippen molar-refractivity contribution in [2.24, 2.45) is 7.05 Å². The summed E-state index contributed by atoms with van der Waals surface area (Å²) in [6.45, 7) is 2.82. The zero-order valence-electron chi connectivity index (χ0n) is 11.6. The summed E-state index contributed by atoms with van der Waals surface area (Å²) in [7, 11) is 1.96. The van der Waals surface area contributed by atoms with Crippen LogP contribution in [-0.2, 0) is 20.0 Å². The minimum atomic E-state index is -0.103. The Hall–Kier alpha value is -1.81. The van der Waals surface area contributed by atoms with E-state index in [-0.39, 0.29) is 5.38 Å². The van der Waals surface area contributed by atoms with E-state index in [4.69, 9.17) is 11.6 Å². The van der Waals surface area contributed by atoms with Gasteiger partial charge in [-0.2, -0.15) is 5.10 Å². The number of imidazole rings is 1. The van der Waals surface area contributed by atoms with Crippen molar-refractivity contribution in [2.75, 3.05) is 0 Å². The Balaban J connectivity index is 1.97. The van der Waals surface area contributed by atoms with Gasteiger partial charge in [0.05, 0.1) is 16.4 Å². The summed E-state index contributed by atoms with van der Waals surface area (Å²) in [5, 5.41) is 4.10. The van der Waals surface area contributed by atoms with Crippen molar-refractivity contribution in [3.8, 4) is 0 Å². The number of para-hydroxylation sites is 2. The molecule has 0 bridgehead atoms. The number of rotatable bonds is 4. The first-order chi connectivity index (χ1) is 9.66. The molecule has 0 aliphatic carbocycles. The average molecular weight is 289 g/mol. The minimum Gasteiger partial charge on any atom is -0.326 e. The monoisotopic (exact) mass is 288 g/mol. The summed E-state index contributed by atoms with van der Waals surface area (Å²) in [5.41, 5.74) is 3.34. The maximum atomic E-state index is 6.27. The van der Waals surface area contributed by atoms with Crippen LogP contribution in [0.3, 0.4) is 0 Å². The molecule has 1 aromatic carbocycles. The van der Waals surface area contributed by atoms with Crippen LogP contribution in [-0.4, -0.2) is 19.3 Å². The Kier molecular flexibility index (Phi) is 3.49. The van der Waals surface area contributed by atoms with Gasteiger partial charge in [0, 0.05) is 31.9 Å². The van der Waals surface area contributed by atoms with E-state index in [1.807, 2.05) is 49.1 Å². The van der Waals surface area contributed by atoms with E-state index >= 15 is 0 Å². The van der Waals surface area contributed by atoms with Gasteiger partial charge in [-0.25, -0.2) is 4.98 Å². The standard InChI is InChI=1S/C15H17ClN4/c1-11(16)15-18-13-5-3-4-6-14(13)20(15)10-8-12-7-9-17-19(12)2/h3-7,9,11H,8,10H2,1-2H3. The molecule has 3 aromatic rings. The molecule has 3 rings (SSSR count). The molecule has 0 aliphatic rings. The number of benzene rings is 1. The molecule has 5 heteroatoms. The average Bonchev–Trinajstić information content (AvgIpc) is 3.00. The molecule has 0 fully saturated rings. The molecule has 0 amide bonds. The molecule has 0 saturated carbocycles. The topological polar surface area (TPSA) is 35.6 Å². The second-order valence-electron chi connectivity index (χ2n) is 4.92. The Morgan fingerprint density at radius 1 is 1.25 bits per heavy atom. The molecule has 0 spiro atoms. The predicted molar refractivity (Wildman–Crippen MR) is 80.9 cm³/mol. The van der Waals surface area contributed by atoms with Crippen LogP contribution in [0, 0.1) is 0 Å².